The molecule has 148 valence electrons. The summed E-state index contributed by atoms with van der Waals surface area (Å²) >= 11 is 0. The topological polar surface area (TPSA) is 80.5 Å². The van der Waals surface area contributed by atoms with Crippen molar-refractivity contribution >= 4 is 17.7 Å². The minimum Gasteiger partial charge on any atom is -0.368 e. The molecule has 5 heteroatoms. The third-order valence-corrected chi connectivity index (χ3v) is 5.30. The molecule has 1 heterocycles. The summed E-state index contributed by atoms with van der Waals surface area (Å²) in [7, 11) is 0. The van der Waals surface area contributed by atoms with Gasteiger partial charge in [-0.05, 0) is 18.6 Å². The summed E-state index contributed by atoms with van der Waals surface area (Å²) in [6, 6.07) is 5.82. The molecule has 2 rings (SSSR count). The summed E-state index contributed by atoms with van der Waals surface area (Å²) in [4.78, 5) is 38.0. The summed E-state index contributed by atoms with van der Waals surface area (Å²) in [5.74, 6) is -1.43. The van der Waals surface area contributed by atoms with Crippen molar-refractivity contribution in [1.29, 1.82) is 0 Å². The minimum absolute atomic E-state index is 0.358. The van der Waals surface area contributed by atoms with Gasteiger partial charge < -0.3 is 5.73 Å². The second-order valence-corrected chi connectivity index (χ2v) is 7.41. The van der Waals surface area contributed by atoms with Crippen molar-refractivity contribution in [3.05, 3.63) is 35.4 Å². The zero-order valence-electron chi connectivity index (χ0n) is 16.4. The standard InChI is InChI=1S/C22H32N2O3/c1-2-3-4-5-6-7-8-9-10-11-16-19(20(23)25)24-21(26)17-14-12-13-15-18(17)22(24)27/h12-15,19H,2-11,16H2,1H3,(H2,23,25). The molecule has 1 aromatic carbocycles. The van der Waals surface area contributed by atoms with Gasteiger partial charge in [-0.2, -0.15) is 0 Å². The number of carbonyl (C=O) groups excluding carboxylic acids is 3. The van der Waals surface area contributed by atoms with Crippen molar-refractivity contribution < 1.29 is 14.4 Å². The molecular formula is C22H32N2O3. The third-order valence-electron chi connectivity index (χ3n) is 5.30. The number of fused-ring (bicyclic) bond motifs is 1. The molecule has 0 saturated heterocycles. The van der Waals surface area contributed by atoms with Gasteiger partial charge in [-0.25, -0.2) is 0 Å². The molecule has 0 aliphatic carbocycles. The first-order valence-electron chi connectivity index (χ1n) is 10.3. The van der Waals surface area contributed by atoms with Crippen LogP contribution in [0.25, 0.3) is 0 Å². The fourth-order valence-corrected chi connectivity index (χ4v) is 3.71. The molecule has 0 radical (unpaired) electrons. The van der Waals surface area contributed by atoms with E-state index in [1.165, 1.54) is 44.9 Å². The van der Waals surface area contributed by atoms with Crippen LogP contribution in [0.5, 0.6) is 0 Å². The fourth-order valence-electron chi connectivity index (χ4n) is 3.71. The molecule has 1 atom stereocenters. The molecule has 3 amide bonds. The maximum atomic E-state index is 12.5. The Morgan fingerprint density at radius 3 is 1.74 bits per heavy atom. The van der Waals surface area contributed by atoms with Crippen molar-refractivity contribution in [2.45, 2.75) is 83.6 Å². The van der Waals surface area contributed by atoms with Gasteiger partial charge in [0.25, 0.3) is 11.8 Å². The van der Waals surface area contributed by atoms with E-state index in [1.54, 1.807) is 24.3 Å². The number of primary amides is 1. The number of rotatable bonds is 13. The molecule has 0 spiro atoms. The van der Waals surface area contributed by atoms with E-state index in [0.717, 1.165) is 24.2 Å². The Morgan fingerprint density at radius 2 is 1.30 bits per heavy atom. The average molecular weight is 373 g/mol. The van der Waals surface area contributed by atoms with Gasteiger partial charge in [0.05, 0.1) is 11.1 Å². The number of nitrogens with zero attached hydrogens (tertiary/aromatic N) is 1. The van der Waals surface area contributed by atoms with Crippen molar-refractivity contribution in [1.82, 2.24) is 4.90 Å². The van der Waals surface area contributed by atoms with Gasteiger partial charge in [0.2, 0.25) is 5.91 Å². The van der Waals surface area contributed by atoms with E-state index in [0.29, 0.717) is 17.5 Å². The maximum absolute atomic E-state index is 12.5. The lowest BCUT2D eigenvalue weighted by atomic mass is 10.0. The largest absolute Gasteiger partial charge is 0.368 e. The van der Waals surface area contributed by atoms with Gasteiger partial charge in [0.15, 0.2) is 0 Å². The summed E-state index contributed by atoms with van der Waals surface area (Å²) < 4.78 is 0. The number of unbranched alkanes of at least 4 members (excludes halogenated alkanes) is 9. The lowest BCUT2D eigenvalue weighted by molar-refractivity contribution is -0.122. The van der Waals surface area contributed by atoms with Crippen molar-refractivity contribution in [2.24, 2.45) is 5.73 Å². The number of hydrogen-bond acceptors (Lipinski definition) is 3. The second-order valence-electron chi connectivity index (χ2n) is 7.41. The molecule has 0 saturated carbocycles. The molecular weight excluding hydrogens is 340 g/mol. The molecule has 2 N–H and O–H groups in total. The van der Waals surface area contributed by atoms with Crippen LogP contribution in [0, 0.1) is 0 Å². The van der Waals surface area contributed by atoms with Gasteiger partial charge in [-0.3, -0.25) is 19.3 Å². The molecule has 0 aromatic heterocycles. The Labute approximate surface area is 162 Å². The van der Waals surface area contributed by atoms with E-state index in [-0.39, 0.29) is 0 Å². The molecule has 0 fully saturated rings. The highest BCUT2D eigenvalue weighted by Gasteiger charge is 2.41. The first-order chi connectivity index (χ1) is 13.1. The third kappa shape index (κ3) is 5.65. The van der Waals surface area contributed by atoms with Crippen LogP contribution in [-0.4, -0.2) is 28.7 Å². The van der Waals surface area contributed by atoms with Crippen molar-refractivity contribution in [2.75, 3.05) is 0 Å². The number of benzene rings is 1. The van der Waals surface area contributed by atoms with Crippen molar-refractivity contribution in [3.63, 3.8) is 0 Å². The highest BCUT2D eigenvalue weighted by atomic mass is 16.2. The summed E-state index contributed by atoms with van der Waals surface area (Å²) in [5.41, 5.74) is 6.23. The highest BCUT2D eigenvalue weighted by molar-refractivity contribution is 6.22. The Bertz CT molecular complexity index is 622. The lowest BCUT2D eigenvalue weighted by Crippen LogP contribution is -2.47. The van der Waals surface area contributed by atoms with Gasteiger partial charge in [0.1, 0.15) is 6.04 Å². The summed E-state index contributed by atoms with van der Waals surface area (Å²) in [6.45, 7) is 2.22. The molecule has 1 unspecified atom stereocenters. The van der Waals surface area contributed by atoms with E-state index < -0.39 is 23.8 Å². The van der Waals surface area contributed by atoms with E-state index in [1.807, 2.05) is 0 Å². The predicted octanol–water partition coefficient (Wildman–Crippen LogP) is 4.45. The SMILES string of the molecule is CCCCCCCCCCCCC(C(N)=O)N1C(=O)c2ccccc2C1=O. The molecule has 0 bridgehead atoms. The monoisotopic (exact) mass is 372 g/mol. The second kappa shape index (κ2) is 10.9. The van der Waals surface area contributed by atoms with E-state index in [9.17, 15) is 14.4 Å². The Hall–Kier alpha value is -2.17. The Morgan fingerprint density at radius 1 is 0.852 bits per heavy atom. The molecule has 5 nitrogen and oxygen atoms in total. The number of carbonyl (C=O) groups is 3. The number of amides is 3. The highest BCUT2D eigenvalue weighted by Crippen LogP contribution is 2.26. The smallest absolute Gasteiger partial charge is 0.262 e. The average Bonchev–Trinajstić information content (AvgIpc) is 2.91. The maximum Gasteiger partial charge on any atom is 0.262 e. The first-order valence-corrected chi connectivity index (χ1v) is 10.3. The van der Waals surface area contributed by atoms with Crippen LogP contribution in [0.4, 0.5) is 0 Å². The molecule has 1 aliphatic heterocycles. The molecule has 27 heavy (non-hydrogen) atoms. The van der Waals surface area contributed by atoms with Crippen LogP contribution in [0.3, 0.4) is 0 Å². The van der Waals surface area contributed by atoms with E-state index in [2.05, 4.69) is 6.92 Å². The molecule has 1 aromatic rings. The summed E-state index contributed by atoms with van der Waals surface area (Å²) in [6.07, 6.45) is 12.3. The Balaban J connectivity index is 1.75. The fraction of sp³-hybridized carbons (Fsp3) is 0.591. The van der Waals surface area contributed by atoms with E-state index >= 15 is 0 Å². The van der Waals surface area contributed by atoms with E-state index in [4.69, 9.17) is 5.73 Å². The van der Waals surface area contributed by atoms with Gasteiger partial charge in [-0.15, -0.1) is 0 Å². The van der Waals surface area contributed by atoms with Crippen LogP contribution < -0.4 is 5.73 Å². The number of nitrogens with two attached hydrogens (primary N) is 1. The van der Waals surface area contributed by atoms with Gasteiger partial charge in [0, 0.05) is 0 Å². The zero-order chi connectivity index (χ0) is 19.6. The first kappa shape index (κ1) is 21.1. The normalized spacial score (nSPS) is 14.5. The minimum atomic E-state index is -0.855. The Kier molecular flexibility index (Phi) is 8.49. The predicted molar refractivity (Wildman–Crippen MR) is 106 cm³/mol. The molecule has 1 aliphatic rings. The lowest BCUT2D eigenvalue weighted by Gasteiger charge is -2.23. The van der Waals surface area contributed by atoms with Gasteiger partial charge >= 0.3 is 0 Å². The van der Waals surface area contributed by atoms with Crippen molar-refractivity contribution in [3.8, 4) is 0 Å². The number of hydrogen-bond donors (Lipinski definition) is 1. The van der Waals surface area contributed by atoms with Crippen LogP contribution in [0.1, 0.15) is 98.3 Å². The summed E-state index contributed by atoms with van der Waals surface area (Å²) in [5, 5.41) is 0. The van der Waals surface area contributed by atoms with Crippen LogP contribution in [0.15, 0.2) is 24.3 Å². The zero-order valence-corrected chi connectivity index (χ0v) is 16.4. The van der Waals surface area contributed by atoms with Crippen LogP contribution >= 0.6 is 0 Å². The number of imide groups is 1. The van der Waals surface area contributed by atoms with Crippen LogP contribution in [-0.2, 0) is 4.79 Å². The quantitative estimate of drug-likeness (QED) is 0.410. The van der Waals surface area contributed by atoms with Gasteiger partial charge in [-0.1, -0.05) is 83.3 Å². The van der Waals surface area contributed by atoms with Crippen LogP contribution in [0.2, 0.25) is 0 Å².